The summed E-state index contributed by atoms with van der Waals surface area (Å²) < 4.78 is 40.9. The zero-order valence-electron chi connectivity index (χ0n) is 20.7. The largest absolute Gasteiger partial charge is 0.419 e. The fourth-order valence-corrected chi connectivity index (χ4v) is 4.14. The Kier molecular flexibility index (Phi) is 6.76. The molecule has 10 heteroatoms. The predicted molar refractivity (Wildman–Crippen MR) is 134 cm³/mol. The van der Waals surface area contributed by atoms with Crippen molar-refractivity contribution in [3.8, 4) is 6.07 Å². The SMILES string of the molecule is CN(C)c1nc2c(c(Nc3ccc(C(C)(C)C#N)cc3)n1)CCN(c1ncccc1C(F)(F)F)CC2. The summed E-state index contributed by atoms with van der Waals surface area (Å²) in [5.74, 6) is 1.07. The Hall–Kier alpha value is -3.87. The van der Waals surface area contributed by atoms with Crippen LogP contribution in [0.1, 0.15) is 36.2 Å². The van der Waals surface area contributed by atoms with Crippen LogP contribution in [0.15, 0.2) is 42.6 Å². The van der Waals surface area contributed by atoms with Gasteiger partial charge in [0.15, 0.2) is 0 Å². The van der Waals surface area contributed by atoms with E-state index in [9.17, 15) is 18.4 Å². The summed E-state index contributed by atoms with van der Waals surface area (Å²) in [4.78, 5) is 16.9. The molecule has 1 N–H and O–H groups in total. The van der Waals surface area contributed by atoms with Gasteiger partial charge in [0.2, 0.25) is 5.95 Å². The molecule has 0 fully saturated rings. The predicted octanol–water partition coefficient (Wildman–Crippen LogP) is 5.11. The summed E-state index contributed by atoms with van der Waals surface area (Å²) in [6, 6.07) is 12.3. The van der Waals surface area contributed by atoms with E-state index in [1.54, 1.807) is 9.80 Å². The maximum atomic E-state index is 13.6. The number of anilines is 4. The van der Waals surface area contributed by atoms with Gasteiger partial charge in [0.1, 0.15) is 11.6 Å². The van der Waals surface area contributed by atoms with E-state index in [1.807, 2.05) is 52.2 Å². The average Bonchev–Trinajstić information content (AvgIpc) is 3.07. The second-order valence-corrected chi connectivity index (χ2v) is 9.49. The van der Waals surface area contributed by atoms with Gasteiger partial charge in [0.25, 0.3) is 0 Å². The number of hydrogen-bond acceptors (Lipinski definition) is 7. The van der Waals surface area contributed by atoms with Gasteiger partial charge in [-0.05, 0) is 50.1 Å². The van der Waals surface area contributed by atoms with Gasteiger partial charge < -0.3 is 15.1 Å². The van der Waals surface area contributed by atoms with Crippen LogP contribution in [0.2, 0.25) is 0 Å². The molecule has 3 aromatic rings. The molecule has 188 valence electrons. The van der Waals surface area contributed by atoms with Crippen LogP contribution in [-0.4, -0.2) is 42.1 Å². The van der Waals surface area contributed by atoms with Crippen molar-refractivity contribution in [2.75, 3.05) is 42.3 Å². The molecule has 1 aliphatic heterocycles. The molecule has 36 heavy (non-hydrogen) atoms. The minimum atomic E-state index is -4.49. The summed E-state index contributed by atoms with van der Waals surface area (Å²) in [5, 5.41) is 12.8. The van der Waals surface area contributed by atoms with Gasteiger partial charge in [0.05, 0.1) is 22.7 Å². The van der Waals surface area contributed by atoms with Crippen molar-refractivity contribution in [2.24, 2.45) is 0 Å². The van der Waals surface area contributed by atoms with Gasteiger partial charge in [-0.3, -0.25) is 0 Å². The number of hydrogen-bond donors (Lipinski definition) is 1. The zero-order valence-corrected chi connectivity index (χ0v) is 20.7. The van der Waals surface area contributed by atoms with E-state index in [2.05, 4.69) is 16.4 Å². The number of pyridine rings is 1. The van der Waals surface area contributed by atoms with Gasteiger partial charge in [0, 0.05) is 51.1 Å². The first kappa shape index (κ1) is 25.2. The molecule has 0 radical (unpaired) electrons. The number of rotatable bonds is 5. The minimum absolute atomic E-state index is 0.0659. The Labute approximate surface area is 208 Å². The van der Waals surface area contributed by atoms with Gasteiger partial charge in [-0.2, -0.15) is 23.4 Å². The van der Waals surface area contributed by atoms with Crippen LogP contribution >= 0.6 is 0 Å². The monoisotopic (exact) mass is 495 g/mol. The van der Waals surface area contributed by atoms with Crippen molar-refractivity contribution in [2.45, 2.75) is 38.3 Å². The molecular formula is C26H28F3N7. The molecule has 0 amide bonds. The molecular weight excluding hydrogens is 467 g/mol. The van der Waals surface area contributed by atoms with E-state index >= 15 is 0 Å². The molecule has 0 unspecified atom stereocenters. The van der Waals surface area contributed by atoms with Crippen LogP contribution in [0.25, 0.3) is 0 Å². The minimum Gasteiger partial charge on any atom is -0.355 e. The molecule has 2 aromatic heterocycles. The quantitative estimate of drug-likeness (QED) is 0.527. The lowest BCUT2D eigenvalue weighted by molar-refractivity contribution is -0.137. The lowest BCUT2D eigenvalue weighted by atomic mass is 9.86. The smallest absolute Gasteiger partial charge is 0.355 e. The number of nitriles is 1. The fraction of sp³-hybridized carbons (Fsp3) is 0.385. The topological polar surface area (TPSA) is 81.0 Å². The lowest BCUT2D eigenvalue weighted by Gasteiger charge is -2.24. The Bertz CT molecular complexity index is 1280. The van der Waals surface area contributed by atoms with Crippen LogP contribution in [0, 0.1) is 11.3 Å². The number of benzene rings is 1. The van der Waals surface area contributed by atoms with E-state index in [-0.39, 0.29) is 5.82 Å². The Morgan fingerprint density at radius 1 is 1.03 bits per heavy atom. The van der Waals surface area contributed by atoms with Crippen molar-refractivity contribution < 1.29 is 13.2 Å². The van der Waals surface area contributed by atoms with Crippen molar-refractivity contribution >= 4 is 23.3 Å². The maximum absolute atomic E-state index is 13.6. The first-order chi connectivity index (χ1) is 17.0. The molecule has 0 bridgehead atoms. The number of halogens is 3. The van der Waals surface area contributed by atoms with Gasteiger partial charge in [-0.1, -0.05) is 12.1 Å². The summed E-state index contributed by atoms with van der Waals surface area (Å²) in [6.45, 7) is 4.43. The first-order valence-corrected chi connectivity index (χ1v) is 11.6. The van der Waals surface area contributed by atoms with Crippen LogP contribution in [0.3, 0.4) is 0 Å². The van der Waals surface area contributed by atoms with Crippen LogP contribution in [0.5, 0.6) is 0 Å². The first-order valence-electron chi connectivity index (χ1n) is 11.6. The van der Waals surface area contributed by atoms with E-state index in [0.717, 1.165) is 28.6 Å². The van der Waals surface area contributed by atoms with Crippen LogP contribution in [0.4, 0.5) is 36.4 Å². The molecule has 4 rings (SSSR count). The third kappa shape index (κ3) is 5.20. The Balaban J connectivity index is 1.66. The maximum Gasteiger partial charge on any atom is 0.419 e. The zero-order chi connectivity index (χ0) is 26.1. The second-order valence-electron chi connectivity index (χ2n) is 9.49. The van der Waals surface area contributed by atoms with Crippen LogP contribution < -0.4 is 15.1 Å². The third-order valence-electron chi connectivity index (χ3n) is 6.27. The normalized spacial score (nSPS) is 14.0. The van der Waals surface area contributed by atoms with E-state index in [4.69, 9.17) is 9.97 Å². The Morgan fingerprint density at radius 2 is 1.72 bits per heavy atom. The van der Waals surface area contributed by atoms with Gasteiger partial charge in [-0.25, -0.2) is 9.97 Å². The molecule has 7 nitrogen and oxygen atoms in total. The molecule has 3 heterocycles. The average molecular weight is 496 g/mol. The molecule has 1 aromatic carbocycles. The van der Waals surface area contributed by atoms with Gasteiger partial charge >= 0.3 is 6.18 Å². The number of nitrogens with zero attached hydrogens (tertiary/aromatic N) is 6. The molecule has 0 spiro atoms. The van der Waals surface area contributed by atoms with Crippen molar-refractivity contribution in [3.63, 3.8) is 0 Å². The van der Waals surface area contributed by atoms with E-state index < -0.39 is 17.2 Å². The summed E-state index contributed by atoms with van der Waals surface area (Å²) >= 11 is 0. The lowest BCUT2D eigenvalue weighted by Crippen LogP contribution is -2.29. The number of nitrogens with one attached hydrogen (secondary N) is 1. The highest BCUT2D eigenvalue weighted by molar-refractivity contribution is 5.63. The fourth-order valence-electron chi connectivity index (χ4n) is 4.14. The molecule has 0 saturated carbocycles. The highest BCUT2D eigenvalue weighted by Gasteiger charge is 2.36. The van der Waals surface area contributed by atoms with Gasteiger partial charge in [-0.15, -0.1) is 0 Å². The summed E-state index contributed by atoms with van der Waals surface area (Å²) in [5.41, 5.74) is 2.02. The van der Waals surface area contributed by atoms with Crippen molar-refractivity contribution in [1.82, 2.24) is 15.0 Å². The molecule has 0 aliphatic carbocycles. The molecule has 1 aliphatic rings. The number of alkyl halides is 3. The molecule has 0 saturated heterocycles. The summed E-state index contributed by atoms with van der Waals surface area (Å²) in [6.07, 6.45) is -2.19. The van der Waals surface area contributed by atoms with E-state index in [0.29, 0.717) is 37.7 Å². The van der Waals surface area contributed by atoms with Crippen molar-refractivity contribution in [3.05, 3.63) is 65.0 Å². The van der Waals surface area contributed by atoms with Crippen molar-refractivity contribution in [1.29, 1.82) is 5.26 Å². The third-order valence-corrected chi connectivity index (χ3v) is 6.27. The summed E-state index contributed by atoms with van der Waals surface area (Å²) in [7, 11) is 3.69. The highest BCUT2D eigenvalue weighted by Crippen LogP contribution is 2.36. The molecule has 0 atom stereocenters. The Morgan fingerprint density at radius 3 is 2.36 bits per heavy atom. The van der Waals surface area contributed by atoms with Crippen LogP contribution in [-0.2, 0) is 24.4 Å². The van der Waals surface area contributed by atoms with E-state index in [1.165, 1.54) is 12.3 Å². The second kappa shape index (κ2) is 9.64. The number of aromatic nitrogens is 3. The standard InChI is InChI=1S/C26H28F3N7/c1-25(2,16-30)17-7-9-18(10-8-17)32-22-19-11-14-36(15-12-21(19)33-24(34-22)35(3)4)23-20(26(27,28)29)6-5-13-31-23/h5-10,13H,11-12,14-15H2,1-4H3,(H,32,33,34). The number of fused-ring (bicyclic) bond motifs is 1. The highest BCUT2D eigenvalue weighted by atomic mass is 19.4.